The van der Waals surface area contributed by atoms with Crippen molar-refractivity contribution in [1.29, 1.82) is 0 Å². The Bertz CT molecular complexity index is 572. The van der Waals surface area contributed by atoms with Crippen LogP contribution in [0, 0.1) is 5.82 Å². The summed E-state index contributed by atoms with van der Waals surface area (Å²) in [5.74, 6) is 0.445. The fraction of sp³-hybridized carbons (Fsp3) is 0.250. The molecule has 2 aromatic carbocycles. The van der Waals surface area contributed by atoms with Crippen LogP contribution >= 0.6 is 0 Å². The maximum absolute atomic E-state index is 13.3. The standard InChI is InChI=1S/C16H18FNO2/c1-19-10-12-3-2-4-16(7-12)20-11-14-8-15(17)6-5-13(14)9-18/h2-8H,9-11,18H2,1H3. The van der Waals surface area contributed by atoms with Gasteiger partial charge in [-0.25, -0.2) is 4.39 Å². The van der Waals surface area contributed by atoms with Gasteiger partial charge in [0.25, 0.3) is 0 Å². The lowest BCUT2D eigenvalue weighted by Crippen LogP contribution is -2.05. The van der Waals surface area contributed by atoms with Crippen molar-refractivity contribution in [3.05, 3.63) is 65.0 Å². The number of hydrogen-bond acceptors (Lipinski definition) is 3. The van der Waals surface area contributed by atoms with Gasteiger partial charge >= 0.3 is 0 Å². The molecule has 0 bridgehead atoms. The van der Waals surface area contributed by atoms with Crippen molar-refractivity contribution in [2.75, 3.05) is 7.11 Å². The predicted octanol–water partition coefficient (Wildman–Crippen LogP) is 3.01. The van der Waals surface area contributed by atoms with Crippen LogP contribution < -0.4 is 10.5 Å². The fourth-order valence-corrected chi connectivity index (χ4v) is 1.98. The quantitative estimate of drug-likeness (QED) is 0.881. The third-order valence-electron chi connectivity index (χ3n) is 2.99. The second-order valence-corrected chi connectivity index (χ2v) is 4.49. The Labute approximate surface area is 118 Å². The maximum Gasteiger partial charge on any atom is 0.123 e. The molecule has 2 aromatic rings. The van der Waals surface area contributed by atoms with E-state index < -0.39 is 0 Å². The third-order valence-corrected chi connectivity index (χ3v) is 2.99. The number of rotatable bonds is 6. The summed E-state index contributed by atoms with van der Waals surface area (Å²) in [7, 11) is 1.65. The Morgan fingerprint density at radius 3 is 2.65 bits per heavy atom. The van der Waals surface area contributed by atoms with Crippen LogP contribution in [0.1, 0.15) is 16.7 Å². The molecule has 0 heterocycles. The van der Waals surface area contributed by atoms with Gasteiger partial charge < -0.3 is 15.2 Å². The summed E-state index contributed by atoms with van der Waals surface area (Å²) in [4.78, 5) is 0. The first-order valence-electron chi connectivity index (χ1n) is 6.41. The van der Waals surface area contributed by atoms with Crippen LogP contribution in [0.4, 0.5) is 4.39 Å². The van der Waals surface area contributed by atoms with Gasteiger partial charge in [-0.1, -0.05) is 18.2 Å². The molecule has 0 aliphatic heterocycles. The summed E-state index contributed by atoms with van der Waals surface area (Å²) in [6.45, 7) is 1.19. The summed E-state index contributed by atoms with van der Waals surface area (Å²) in [6.07, 6.45) is 0. The number of hydrogen-bond donors (Lipinski definition) is 1. The van der Waals surface area contributed by atoms with E-state index in [0.717, 1.165) is 22.4 Å². The first-order chi connectivity index (χ1) is 9.72. The highest BCUT2D eigenvalue weighted by Crippen LogP contribution is 2.18. The second-order valence-electron chi connectivity index (χ2n) is 4.49. The molecule has 0 spiro atoms. The predicted molar refractivity (Wildman–Crippen MR) is 75.8 cm³/mol. The smallest absolute Gasteiger partial charge is 0.123 e. The second kappa shape index (κ2) is 7.03. The van der Waals surface area contributed by atoms with Crippen molar-refractivity contribution in [2.45, 2.75) is 19.8 Å². The molecule has 106 valence electrons. The Kier molecular flexibility index (Phi) is 5.09. The number of nitrogens with two attached hydrogens (primary N) is 1. The molecule has 2 N–H and O–H groups in total. The van der Waals surface area contributed by atoms with Crippen LogP contribution in [0.15, 0.2) is 42.5 Å². The molecule has 0 atom stereocenters. The van der Waals surface area contributed by atoms with E-state index in [0.29, 0.717) is 19.8 Å². The molecule has 0 radical (unpaired) electrons. The molecule has 20 heavy (non-hydrogen) atoms. The molecule has 0 aromatic heterocycles. The molecule has 0 aliphatic carbocycles. The lowest BCUT2D eigenvalue weighted by atomic mass is 10.1. The van der Waals surface area contributed by atoms with Crippen LogP contribution in [0.2, 0.25) is 0 Å². The molecular weight excluding hydrogens is 257 g/mol. The molecule has 0 fully saturated rings. The number of ether oxygens (including phenoxy) is 2. The Hall–Kier alpha value is -1.91. The molecule has 0 amide bonds. The van der Waals surface area contributed by atoms with Crippen LogP contribution in [0.25, 0.3) is 0 Å². The first-order valence-corrected chi connectivity index (χ1v) is 6.41. The molecular formula is C16H18FNO2. The van der Waals surface area contributed by atoms with Crippen molar-refractivity contribution in [2.24, 2.45) is 5.73 Å². The van der Waals surface area contributed by atoms with E-state index in [4.69, 9.17) is 15.2 Å². The summed E-state index contributed by atoms with van der Waals surface area (Å²) in [5.41, 5.74) is 8.33. The SMILES string of the molecule is COCc1cccc(OCc2cc(F)ccc2CN)c1. The van der Waals surface area contributed by atoms with E-state index in [-0.39, 0.29) is 5.82 Å². The van der Waals surface area contributed by atoms with Crippen molar-refractivity contribution in [1.82, 2.24) is 0 Å². The fourth-order valence-electron chi connectivity index (χ4n) is 1.98. The lowest BCUT2D eigenvalue weighted by molar-refractivity contribution is 0.184. The van der Waals surface area contributed by atoms with Crippen molar-refractivity contribution < 1.29 is 13.9 Å². The number of halogens is 1. The molecule has 2 rings (SSSR count). The van der Waals surface area contributed by atoms with E-state index >= 15 is 0 Å². The highest BCUT2D eigenvalue weighted by Gasteiger charge is 2.04. The molecule has 4 heteroatoms. The monoisotopic (exact) mass is 275 g/mol. The Morgan fingerprint density at radius 2 is 1.90 bits per heavy atom. The van der Waals surface area contributed by atoms with Gasteiger partial charge in [0.05, 0.1) is 6.61 Å². The van der Waals surface area contributed by atoms with Crippen LogP contribution in [0.5, 0.6) is 5.75 Å². The first kappa shape index (κ1) is 14.5. The Morgan fingerprint density at radius 1 is 1.05 bits per heavy atom. The van der Waals surface area contributed by atoms with Crippen LogP contribution in [-0.4, -0.2) is 7.11 Å². The van der Waals surface area contributed by atoms with Gasteiger partial charge in [-0.05, 0) is 41.0 Å². The molecule has 3 nitrogen and oxygen atoms in total. The Balaban J connectivity index is 2.08. The average molecular weight is 275 g/mol. The summed E-state index contributed by atoms with van der Waals surface area (Å²) in [5, 5.41) is 0. The number of methoxy groups -OCH3 is 1. The van der Waals surface area contributed by atoms with E-state index in [9.17, 15) is 4.39 Å². The minimum Gasteiger partial charge on any atom is -0.489 e. The molecule has 0 saturated carbocycles. The van der Waals surface area contributed by atoms with Crippen molar-refractivity contribution in [3.63, 3.8) is 0 Å². The minimum atomic E-state index is -0.283. The van der Waals surface area contributed by atoms with Crippen LogP contribution in [0.3, 0.4) is 0 Å². The van der Waals surface area contributed by atoms with Gasteiger partial charge in [-0.3, -0.25) is 0 Å². The summed E-state index contributed by atoms with van der Waals surface area (Å²) >= 11 is 0. The molecule has 0 unspecified atom stereocenters. The van der Waals surface area contributed by atoms with Gasteiger partial charge in [-0.2, -0.15) is 0 Å². The topological polar surface area (TPSA) is 44.5 Å². The lowest BCUT2D eigenvalue weighted by Gasteiger charge is -2.11. The zero-order valence-corrected chi connectivity index (χ0v) is 11.4. The van der Waals surface area contributed by atoms with Crippen LogP contribution in [-0.2, 0) is 24.5 Å². The molecule has 0 aliphatic rings. The highest BCUT2D eigenvalue weighted by molar-refractivity contribution is 5.30. The van der Waals surface area contributed by atoms with Crippen molar-refractivity contribution >= 4 is 0 Å². The zero-order chi connectivity index (χ0) is 14.4. The van der Waals surface area contributed by atoms with E-state index in [1.165, 1.54) is 12.1 Å². The zero-order valence-electron chi connectivity index (χ0n) is 11.4. The van der Waals surface area contributed by atoms with Gasteiger partial charge in [0.15, 0.2) is 0 Å². The normalized spacial score (nSPS) is 10.6. The number of benzene rings is 2. The van der Waals surface area contributed by atoms with E-state index in [1.54, 1.807) is 13.2 Å². The largest absolute Gasteiger partial charge is 0.489 e. The molecule has 0 saturated heterocycles. The minimum absolute atomic E-state index is 0.283. The summed E-state index contributed by atoms with van der Waals surface area (Å²) in [6, 6.07) is 12.2. The third kappa shape index (κ3) is 3.79. The van der Waals surface area contributed by atoms with E-state index in [2.05, 4.69) is 0 Å². The maximum atomic E-state index is 13.3. The van der Waals surface area contributed by atoms with E-state index in [1.807, 2.05) is 24.3 Å². The van der Waals surface area contributed by atoms with Gasteiger partial charge in [-0.15, -0.1) is 0 Å². The highest BCUT2D eigenvalue weighted by atomic mass is 19.1. The van der Waals surface area contributed by atoms with Gasteiger partial charge in [0, 0.05) is 13.7 Å². The van der Waals surface area contributed by atoms with Crippen molar-refractivity contribution in [3.8, 4) is 5.75 Å². The van der Waals surface area contributed by atoms with Gasteiger partial charge in [0.1, 0.15) is 18.2 Å². The average Bonchev–Trinajstić information content (AvgIpc) is 2.46. The van der Waals surface area contributed by atoms with Gasteiger partial charge in [0.2, 0.25) is 0 Å². The summed E-state index contributed by atoms with van der Waals surface area (Å²) < 4.78 is 24.0.